The average molecular weight is 436 g/mol. The van der Waals surface area contributed by atoms with Crippen molar-refractivity contribution in [2.75, 3.05) is 11.9 Å². The Morgan fingerprint density at radius 1 is 1.30 bits per heavy atom. The molecular formula is C20H20ClF2N5O2. The molecule has 1 N–H and O–H groups in total. The molecule has 0 bridgehead atoms. The Labute approximate surface area is 175 Å². The lowest BCUT2D eigenvalue weighted by Crippen LogP contribution is -2.32. The van der Waals surface area contributed by atoms with Gasteiger partial charge in [-0.2, -0.15) is 4.98 Å². The summed E-state index contributed by atoms with van der Waals surface area (Å²) in [7, 11) is 1.63. The second-order valence-electron chi connectivity index (χ2n) is 7.86. The summed E-state index contributed by atoms with van der Waals surface area (Å²) in [6.45, 7) is 0.619. The van der Waals surface area contributed by atoms with E-state index in [4.69, 9.17) is 16.3 Å². The SMILES string of the molecule is Cn1c(=O)n(C2CCC(F)(F)CC2)c2nc(Nc3cc4c(cc3Cl)OCC4)ncc21. The number of fused-ring (bicyclic) bond motifs is 2. The van der Waals surface area contributed by atoms with Crippen LogP contribution in [0.3, 0.4) is 0 Å². The molecule has 1 aromatic carbocycles. The van der Waals surface area contributed by atoms with Crippen LogP contribution in [0.1, 0.15) is 37.3 Å². The number of alkyl halides is 2. The molecule has 158 valence electrons. The van der Waals surface area contributed by atoms with Crippen LogP contribution in [0.15, 0.2) is 23.1 Å². The normalized spacial score (nSPS) is 18.4. The van der Waals surface area contributed by atoms with Crippen LogP contribution in [0.4, 0.5) is 20.4 Å². The third-order valence-corrected chi connectivity index (χ3v) is 6.22. The lowest BCUT2D eigenvalue weighted by molar-refractivity contribution is -0.0439. The molecule has 3 aromatic rings. The summed E-state index contributed by atoms with van der Waals surface area (Å²) in [4.78, 5) is 21.7. The van der Waals surface area contributed by atoms with Crippen molar-refractivity contribution in [3.8, 4) is 5.75 Å². The first kappa shape index (κ1) is 19.3. The van der Waals surface area contributed by atoms with Crippen molar-refractivity contribution in [3.05, 3.63) is 39.4 Å². The van der Waals surface area contributed by atoms with E-state index in [0.717, 1.165) is 17.7 Å². The Morgan fingerprint density at radius 3 is 2.83 bits per heavy atom. The molecule has 1 fully saturated rings. The van der Waals surface area contributed by atoms with Gasteiger partial charge in [0, 0.05) is 38.4 Å². The first-order valence-electron chi connectivity index (χ1n) is 9.86. The maximum atomic E-state index is 13.6. The van der Waals surface area contributed by atoms with Crippen molar-refractivity contribution in [2.24, 2.45) is 7.05 Å². The number of imidazole rings is 1. The number of ether oxygens (including phenoxy) is 1. The van der Waals surface area contributed by atoms with Gasteiger partial charge in [-0.1, -0.05) is 11.6 Å². The van der Waals surface area contributed by atoms with Crippen LogP contribution in [0, 0.1) is 0 Å². The molecule has 0 atom stereocenters. The van der Waals surface area contributed by atoms with Crippen molar-refractivity contribution < 1.29 is 13.5 Å². The number of hydrogen-bond acceptors (Lipinski definition) is 5. The summed E-state index contributed by atoms with van der Waals surface area (Å²) in [5.74, 6) is -1.61. The Balaban J connectivity index is 1.52. The van der Waals surface area contributed by atoms with Crippen LogP contribution in [0.5, 0.6) is 5.75 Å². The minimum atomic E-state index is -2.67. The zero-order valence-corrected chi connectivity index (χ0v) is 17.0. The van der Waals surface area contributed by atoms with Crippen molar-refractivity contribution in [1.82, 2.24) is 19.1 Å². The lowest BCUT2D eigenvalue weighted by Gasteiger charge is -2.28. The van der Waals surface area contributed by atoms with Gasteiger partial charge < -0.3 is 10.1 Å². The second kappa shape index (κ2) is 6.94. The lowest BCUT2D eigenvalue weighted by atomic mass is 9.92. The molecule has 0 amide bonds. The number of aromatic nitrogens is 4. The number of rotatable bonds is 3. The number of nitrogens with zero attached hydrogens (tertiary/aromatic N) is 4. The minimum Gasteiger partial charge on any atom is -0.493 e. The molecule has 5 rings (SSSR count). The first-order valence-corrected chi connectivity index (χ1v) is 10.2. The molecular weight excluding hydrogens is 416 g/mol. The number of halogens is 3. The van der Waals surface area contributed by atoms with E-state index < -0.39 is 5.92 Å². The summed E-state index contributed by atoms with van der Waals surface area (Å²) < 4.78 is 35.7. The highest BCUT2D eigenvalue weighted by Gasteiger charge is 2.37. The Hall–Kier alpha value is -2.68. The van der Waals surface area contributed by atoms with Gasteiger partial charge >= 0.3 is 5.69 Å². The summed E-state index contributed by atoms with van der Waals surface area (Å²) in [5.41, 5.74) is 2.39. The van der Waals surface area contributed by atoms with Gasteiger partial charge in [0.25, 0.3) is 0 Å². The molecule has 1 saturated carbocycles. The van der Waals surface area contributed by atoms with E-state index >= 15 is 0 Å². The van der Waals surface area contributed by atoms with Crippen molar-refractivity contribution >= 4 is 34.4 Å². The number of nitrogens with one attached hydrogen (secondary N) is 1. The van der Waals surface area contributed by atoms with E-state index in [1.54, 1.807) is 19.3 Å². The maximum absolute atomic E-state index is 13.6. The van der Waals surface area contributed by atoms with Gasteiger partial charge in [0.2, 0.25) is 11.9 Å². The highest BCUT2D eigenvalue weighted by molar-refractivity contribution is 6.33. The Kier molecular flexibility index (Phi) is 4.46. The maximum Gasteiger partial charge on any atom is 0.330 e. The van der Waals surface area contributed by atoms with Gasteiger partial charge in [0.05, 0.1) is 23.5 Å². The standard InChI is InChI=1S/C20H20ClF2N5O2/c1-27-15-10-24-18(25-14-8-11-4-7-30-16(11)9-13(14)21)26-17(15)28(19(27)29)12-2-5-20(22,23)6-3-12/h8-10,12H,2-7H2,1H3,(H,24,25,26). The quantitative estimate of drug-likeness (QED) is 0.667. The molecule has 0 saturated heterocycles. The van der Waals surface area contributed by atoms with Crippen molar-refractivity contribution in [2.45, 2.75) is 44.1 Å². The third-order valence-electron chi connectivity index (χ3n) is 5.91. The topological polar surface area (TPSA) is 74.0 Å². The predicted molar refractivity (Wildman–Crippen MR) is 109 cm³/mol. The fourth-order valence-corrected chi connectivity index (χ4v) is 4.43. The molecule has 1 aliphatic heterocycles. The molecule has 2 aromatic heterocycles. The van der Waals surface area contributed by atoms with E-state index in [0.29, 0.717) is 28.5 Å². The van der Waals surface area contributed by atoms with Gasteiger partial charge in [-0.3, -0.25) is 9.13 Å². The van der Waals surface area contributed by atoms with Crippen LogP contribution in [-0.2, 0) is 13.5 Å². The van der Waals surface area contributed by atoms with Crippen LogP contribution >= 0.6 is 11.6 Å². The summed E-state index contributed by atoms with van der Waals surface area (Å²) in [6.07, 6.45) is 2.36. The monoisotopic (exact) mass is 435 g/mol. The predicted octanol–water partition coefficient (Wildman–Crippen LogP) is 4.21. The third kappa shape index (κ3) is 3.21. The van der Waals surface area contributed by atoms with E-state index in [1.165, 1.54) is 9.13 Å². The van der Waals surface area contributed by atoms with Crippen LogP contribution in [0.25, 0.3) is 11.2 Å². The van der Waals surface area contributed by atoms with Crippen LogP contribution in [-0.4, -0.2) is 31.6 Å². The number of aryl methyl sites for hydroxylation is 1. The smallest absolute Gasteiger partial charge is 0.330 e. The largest absolute Gasteiger partial charge is 0.493 e. The number of hydrogen-bond donors (Lipinski definition) is 1. The molecule has 0 spiro atoms. The zero-order chi connectivity index (χ0) is 21.0. The van der Waals surface area contributed by atoms with Gasteiger partial charge in [0.1, 0.15) is 11.3 Å². The molecule has 3 heterocycles. The molecule has 7 nitrogen and oxygen atoms in total. The summed E-state index contributed by atoms with van der Waals surface area (Å²) in [6, 6.07) is 3.34. The minimum absolute atomic E-state index is 0.232. The van der Waals surface area contributed by atoms with E-state index in [-0.39, 0.29) is 43.4 Å². The van der Waals surface area contributed by atoms with Crippen LogP contribution < -0.4 is 15.7 Å². The van der Waals surface area contributed by atoms with Crippen molar-refractivity contribution in [1.29, 1.82) is 0 Å². The van der Waals surface area contributed by atoms with Gasteiger partial charge in [-0.25, -0.2) is 18.6 Å². The molecule has 30 heavy (non-hydrogen) atoms. The summed E-state index contributed by atoms with van der Waals surface area (Å²) in [5, 5.41) is 3.58. The highest BCUT2D eigenvalue weighted by atomic mass is 35.5. The van der Waals surface area contributed by atoms with E-state index in [9.17, 15) is 13.6 Å². The zero-order valence-electron chi connectivity index (χ0n) is 16.3. The Bertz CT molecular complexity index is 1200. The molecule has 10 heteroatoms. The average Bonchev–Trinajstić information content (AvgIpc) is 3.25. The van der Waals surface area contributed by atoms with Gasteiger partial charge in [-0.15, -0.1) is 0 Å². The van der Waals surface area contributed by atoms with Crippen molar-refractivity contribution in [3.63, 3.8) is 0 Å². The fourth-order valence-electron chi connectivity index (χ4n) is 4.22. The number of benzene rings is 1. The van der Waals surface area contributed by atoms with Gasteiger partial charge in [-0.05, 0) is 24.5 Å². The second-order valence-corrected chi connectivity index (χ2v) is 8.27. The molecule has 0 unspecified atom stereocenters. The highest BCUT2D eigenvalue weighted by Crippen LogP contribution is 2.39. The fraction of sp³-hybridized carbons (Fsp3) is 0.450. The summed E-state index contributed by atoms with van der Waals surface area (Å²) >= 11 is 6.36. The molecule has 2 aliphatic rings. The molecule has 0 radical (unpaired) electrons. The number of anilines is 2. The van der Waals surface area contributed by atoms with E-state index in [1.807, 2.05) is 6.07 Å². The Morgan fingerprint density at radius 2 is 2.07 bits per heavy atom. The van der Waals surface area contributed by atoms with Gasteiger partial charge in [0.15, 0.2) is 5.65 Å². The van der Waals surface area contributed by atoms with E-state index in [2.05, 4.69) is 15.3 Å². The molecule has 1 aliphatic carbocycles. The first-order chi connectivity index (χ1) is 14.3. The van der Waals surface area contributed by atoms with Crippen LogP contribution in [0.2, 0.25) is 5.02 Å².